The Hall–Kier alpha value is 0.137. The summed E-state index contributed by atoms with van der Waals surface area (Å²) in [5.41, 5.74) is 0. The lowest BCUT2D eigenvalue weighted by atomic mass is 10.8. The summed E-state index contributed by atoms with van der Waals surface area (Å²) in [4.78, 5) is 0. The van der Waals surface area contributed by atoms with E-state index in [-0.39, 0.29) is 9.52 Å². The zero-order valence-corrected chi connectivity index (χ0v) is 7.77. The molecule has 0 atom stereocenters. The number of hydrogen-bond donors (Lipinski definition) is 0. The van der Waals surface area contributed by atoms with Gasteiger partial charge in [-0.2, -0.15) is 0 Å². The number of methoxy groups -OCH3 is 1. The quantitative estimate of drug-likeness (QED) is 0.396. The molecule has 0 aliphatic rings. The van der Waals surface area contributed by atoms with Crippen LogP contribution in [0.1, 0.15) is 6.92 Å². The van der Waals surface area contributed by atoms with Crippen molar-refractivity contribution in [1.29, 1.82) is 0 Å². The van der Waals surface area contributed by atoms with Gasteiger partial charge in [0.2, 0.25) is 0 Å². The van der Waals surface area contributed by atoms with Crippen LogP contribution in [-0.4, -0.2) is 36.1 Å². The Labute approximate surface area is 59.4 Å². The summed E-state index contributed by atoms with van der Waals surface area (Å²) in [6.45, 7) is 3.72. The lowest BCUT2D eigenvalue weighted by Crippen LogP contribution is -2.07. The maximum atomic E-state index is 5.25. The van der Waals surface area contributed by atoms with Crippen LogP contribution in [0.25, 0.3) is 0 Å². The van der Waals surface area contributed by atoms with E-state index in [2.05, 4.69) is 6.92 Å². The van der Waals surface area contributed by atoms with Gasteiger partial charge in [-0.25, -0.2) is 0 Å². The predicted molar refractivity (Wildman–Crippen MR) is 41.7 cm³/mol. The molecule has 0 bridgehead atoms. The highest BCUT2D eigenvalue weighted by Gasteiger charge is 1.85. The maximum Gasteiger partial charge on any atom is 0.0696 e. The summed E-state index contributed by atoms with van der Waals surface area (Å²) in [7, 11) is 1.81. The lowest BCUT2D eigenvalue weighted by Gasteiger charge is -1.99. The van der Waals surface area contributed by atoms with Gasteiger partial charge in [-0.3, -0.25) is 0 Å². The van der Waals surface area contributed by atoms with Gasteiger partial charge < -0.3 is 9.47 Å². The summed E-state index contributed by atoms with van der Waals surface area (Å²) in [6.07, 6.45) is 1.01. The van der Waals surface area contributed by atoms with Crippen molar-refractivity contribution in [2.75, 3.05) is 26.6 Å². The molecule has 0 aromatic rings. The van der Waals surface area contributed by atoms with Crippen molar-refractivity contribution in [1.82, 2.24) is 0 Å². The maximum absolute atomic E-state index is 5.25. The van der Waals surface area contributed by atoms with Gasteiger partial charge in [-0.1, -0.05) is 13.0 Å². The van der Waals surface area contributed by atoms with Crippen LogP contribution in [-0.2, 0) is 9.47 Å². The van der Waals surface area contributed by atoms with Gasteiger partial charge in [0.1, 0.15) is 0 Å². The van der Waals surface area contributed by atoms with Crippen molar-refractivity contribution in [2.24, 2.45) is 0 Å². The predicted octanol–water partition coefficient (Wildman–Crippen LogP) is 0.214. The molecule has 0 amide bonds. The molecule has 0 rings (SSSR count). The summed E-state index contributed by atoms with van der Waals surface area (Å²) in [5.74, 6) is 0. The molecule has 0 aliphatic heterocycles. The molecule has 2 nitrogen and oxygen atoms in total. The zero-order valence-electron chi connectivity index (χ0n) is 6.35. The minimum atomic E-state index is 0.116. The van der Waals surface area contributed by atoms with Crippen LogP contribution in [0.5, 0.6) is 0 Å². The second kappa shape index (κ2) is 8.14. The summed E-state index contributed by atoms with van der Waals surface area (Å²) < 4.78 is 10.1. The van der Waals surface area contributed by atoms with E-state index in [1.165, 1.54) is 6.04 Å². The first-order valence-electron chi connectivity index (χ1n) is 3.48. The van der Waals surface area contributed by atoms with Crippen LogP contribution in [0, 0.1) is 0 Å². The highest BCUT2D eigenvalue weighted by Crippen LogP contribution is 1.77. The standard InChI is InChI=1S/C6H16O2Si/c1-3-9-6-8-5-4-7-2/h3-6,9H2,1-2H3. The van der Waals surface area contributed by atoms with Crippen LogP contribution in [0.2, 0.25) is 6.04 Å². The van der Waals surface area contributed by atoms with Crippen molar-refractivity contribution in [2.45, 2.75) is 13.0 Å². The fraction of sp³-hybridized carbons (Fsp3) is 1.00. The van der Waals surface area contributed by atoms with Crippen molar-refractivity contribution in [3.8, 4) is 0 Å². The van der Waals surface area contributed by atoms with E-state index in [0.29, 0.717) is 0 Å². The fourth-order valence-electron chi connectivity index (χ4n) is 0.491. The molecule has 0 radical (unpaired) electrons. The van der Waals surface area contributed by atoms with E-state index < -0.39 is 0 Å². The Bertz CT molecular complexity index is 44.3. The number of ether oxygens (including phenoxy) is 2. The minimum absolute atomic E-state index is 0.116. The first-order valence-corrected chi connectivity index (χ1v) is 5.48. The average molecular weight is 148 g/mol. The Kier molecular flexibility index (Phi) is 8.26. The van der Waals surface area contributed by atoms with E-state index in [0.717, 1.165) is 19.4 Å². The van der Waals surface area contributed by atoms with Gasteiger partial charge in [0.15, 0.2) is 0 Å². The number of rotatable bonds is 6. The van der Waals surface area contributed by atoms with E-state index in [9.17, 15) is 0 Å². The molecule has 0 spiro atoms. The first-order chi connectivity index (χ1) is 4.41. The monoisotopic (exact) mass is 148 g/mol. The third-order valence-electron chi connectivity index (χ3n) is 1.07. The zero-order chi connectivity index (χ0) is 6.95. The molecule has 0 saturated carbocycles. The number of hydrogen-bond acceptors (Lipinski definition) is 2. The molecule has 0 fully saturated rings. The summed E-state index contributed by atoms with van der Waals surface area (Å²) in [5, 5.41) is 0. The summed E-state index contributed by atoms with van der Waals surface area (Å²) >= 11 is 0. The molecule has 0 aliphatic carbocycles. The normalized spacial score (nSPS) is 11.3. The van der Waals surface area contributed by atoms with E-state index in [1.54, 1.807) is 7.11 Å². The minimum Gasteiger partial charge on any atom is -0.383 e. The highest BCUT2D eigenvalue weighted by molar-refractivity contribution is 6.34. The lowest BCUT2D eigenvalue weighted by molar-refractivity contribution is 0.0925. The van der Waals surface area contributed by atoms with Crippen LogP contribution in [0.3, 0.4) is 0 Å². The van der Waals surface area contributed by atoms with Crippen molar-refractivity contribution in [3.63, 3.8) is 0 Å². The highest BCUT2D eigenvalue weighted by atomic mass is 28.2. The Morgan fingerprint density at radius 1 is 1.33 bits per heavy atom. The Balaban J connectivity index is 2.60. The molecule has 0 heterocycles. The van der Waals surface area contributed by atoms with E-state index >= 15 is 0 Å². The van der Waals surface area contributed by atoms with Crippen molar-refractivity contribution >= 4 is 9.52 Å². The van der Waals surface area contributed by atoms with Gasteiger partial charge in [-0.15, -0.1) is 0 Å². The Morgan fingerprint density at radius 2 is 2.11 bits per heavy atom. The van der Waals surface area contributed by atoms with Crippen LogP contribution in [0.4, 0.5) is 0 Å². The molecular formula is C6H16O2Si. The van der Waals surface area contributed by atoms with E-state index in [4.69, 9.17) is 9.47 Å². The second-order valence-electron chi connectivity index (χ2n) is 1.96. The van der Waals surface area contributed by atoms with Gasteiger partial charge in [0.25, 0.3) is 0 Å². The molecule has 0 aromatic heterocycles. The third-order valence-corrected chi connectivity index (χ3v) is 2.36. The molecule has 0 aromatic carbocycles. The smallest absolute Gasteiger partial charge is 0.0696 e. The van der Waals surface area contributed by atoms with Gasteiger partial charge in [0, 0.05) is 13.3 Å². The summed E-state index contributed by atoms with van der Waals surface area (Å²) in [6, 6.07) is 1.34. The van der Waals surface area contributed by atoms with Gasteiger partial charge >= 0.3 is 0 Å². The molecule has 0 N–H and O–H groups in total. The molecule has 56 valence electrons. The molecule has 0 saturated heterocycles. The van der Waals surface area contributed by atoms with Gasteiger partial charge in [-0.05, 0) is 0 Å². The average Bonchev–Trinajstić information content (AvgIpc) is 1.89. The van der Waals surface area contributed by atoms with E-state index in [1.807, 2.05) is 0 Å². The molecule has 0 unspecified atom stereocenters. The van der Waals surface area contributed by atoms with Crippen molar-refractivity contribution < 1.29 is 9.47 Å². The largest absolute Gasteiger partial charge is 0.383 e. The Morgan fingerprint density at radius 3 is 2.67 bits per heavy atom. The van der Waals surface area contributed by atoms with Crippen LogP contribution in [0.15, 0.2) is 0 Å². The third kappa shape index (κ3) is 8.14. The van der Waals surface area contributed by atoms with Crippen LogP contribution >= 0.6 is 0 Å². The molecule has 3 heteroatoms. The molecular weight excluding hydrogens is 132 g/mol. The second-order valence-corrected chi connectivity index (χ2v) is 4.07. The van der Waals surface area contributed by atoms with Gasteiger partial charge in [0.05, 0.1) is 22.7 Å². The van der Waals surface area contributed by atoms with Crippen LogP contribution < -0.4 is 0 Å². The molecule has 9 heavy (non-hydrogen) atoms. The van der Waals surface area contributed by atoms with Crippen molar-refractivity contribution in [3.05, 3.63) is 0 Å². The SMILES string of the molecule is CC[SiH2]COCCOC. The first kappa shape index (κ1) is 9.14. The topological polar surface area (TPSA) is 18.5 Å². The fourth-order valence-corrected chi connectivity index (χ4v) is 1.19.